The van der Waals surface area contributed by atoms with Gasteiger partial charge in [-0.25, -0.2) is 0 Å². The number of rotatable bonds is 10. The van der Waals surface area contributed by atoms with Crippen molar-refractivity contribution in [3.63, 3.8) is 0 Å². The number of furan rings is 1. The molecule has 2 heterocycles. The molecule has 1 unspecified atom stereocenters. The molecule has 4 rings (SSSR count). The van der Waals surface area contributed by atoms with Crippen molar-refractivity contribution in [3.05, 3.63) is 42.2 Å². The van der Waals surface area contributed by atoms with E-state index in [0.29, 0.717) is 19.1 Å². The summed E-state index contributed by atoms with van der Waals surface area (Å²) in [6.45, 7) is 3.03. The molecule has 1 aliphatic rings. The van der Waals surface area contributed by atoms with E-state index in [1.807, 2.05) is 30.3 Å². The van der Waals surface area contributed by atoms with E-state index in [2.05, 4.69) is 10.6 Å². The lowest BCUT2D eigenvalue weighted by Gasteiger charge is -2.23. The van der Waals surface area contributed by atoms with Crippen molar-refractivity contribution in [2.45, 2.75) is 37.6 Å². The van der Waals surface area contributed by atoms with Crippen LogP contribution in [-0.2, 0) is 14.3 Å². The van der Waals surface area contributed by atoms with Gasteiger partial charge < -0.3 is 29.3 Å². The predicted molar refractivity (Wildman–Crippen MR) is 123 cm³/mol. The van der Waals surface area contributed by atoms with Gasteiger partial charge in [0.2, 0.25) is 5.91 Å². The van der Waals surface area contributed by atoms with E-state index in [0.717, 1.165) is 71.9 Å². The Bertz CT molecular complexity index is 1070. The van der Waals surface area contributed by atoms with Crippen LogP contribution in [0.5, 0.6) is 5.75 Å². The van der Waals surface area contributed by atoms with E-state index in [1.54, 1.807) is 13.3 Å². The predicted octanol–water partition coefficient (Wildman–Crippen LogP) is 3.54. The standard InChI is InChI=1S/C25H30N2O5/c1-26-24(29)7-3-18(15-28)22-16-32-23-6-2-17-14-20(4-5-21(17)25(22)23)31-13-10-27-19-8-11-30-12-9-19/h2,4-6,14-16,18-19,27H,3,7-13H2,1H3,(H,26,29). The molecule has 1 aromatic heterocycles. The Kier molecular flexibility index (Phi) is 7.39. The summed E-state index contributed by atoms with van der Waals surface area (Å²) in [5.41, 5.74) is 1.55. The van der Waals surface area contributed by atoms with Crippen LogP contribution in [0.1, 0.15) is 37.2 Å². The van der Waals surface area contributed by atoms with Gasteiger partial charge >= 0.3 is 0 Å². The third kappa shape index (κ3) is 5.11. The lowest BCUT2D eigenvalue weighted by atomic mass is 9.92. The van der Waals surface area contributed by atoms with E-state index < -0.39 is 5.92 Å². The van der Waals surface area contributed by atoms with E-state index >= 15 is 0 Å². The zero-order chi connectivity index (χ0) is 22.3. The molecule has 170 valence electrons. The third-order valence-corrected chi connectivity index (χ3v) is 6.10. The minimum atomic E-state index is -0.397. The van der Waals surface area contributed by atoms with Gasteiger partial charge in [0.05, 0.1) is 6.26 Å². The van der Waals surface area contributed by atoms with Crippen LogP contribution in [0.2, 0.25) is 0 Å². The van der Waals surface area contributed by atoms with Gasteiger partial charge in [0.15, 0.2) is 0 Å². The summed E-state index contributed by atoms with van der Waals surface area (Å²) in [6.07, 6.45) is 5.36. The second kappa shape index (κ2) is 10.6. The normalized spacial score (nSPS) is 15.7. The zero-order valence-electron chi connectivity index (χ0n) is 18.4. The second-order valence-corrected chi connectivity index (χ2v) is 8.16. The minimum Gasteiger partial charge on any atom is -0.492 e. The Labute approximate surface area is 187 Å². The molecule has 0 bridgehead atoms. The monoisotopic (exact) mass is 438 g/mol. The summed E-state index contributed by atoms with van der Waals surface area (Å²) in [7, 11) is 1.60. The molecular weight excluding hydrogens is 408 g/mol. The van der Waals surface area contributed by atoms with Crippen molar-refractivity contribution in [2.75, 3.05) is 33.4 Å². The number of nitrogens with one attached hydrogen (secondary N) is 2. The van der Waals surface area contributed by atoms with Gasteiger partial charge in [-0.2, -0.15) is 0 Å². The summed E-state index contributed by atoms with van der Waals surface area (Å²) in [4.78, 5) is 23.4. The number of hydrogen-bond donors (Lipinski definition) is 2. The molecule has 2 aromatic carbocycles. The maximum atomic E-state index is 11.8. The SMILES string of the molecule is CNC(=O)CCC(C=O)c1coc2ccc3cc(OCCNC4CCOCC4)ccc3c12. The first-order valence-corrected chi connectivity index (χ1v) is 11.2. The number of aldehydes is 1. The lowest BCUT2D eigenvalue weighted by molar-refractivity contribution is -0.120. The smallest absolute Gasteiger partial charge is 0.219 e. The molecule has 7 heteroatoms. The largest absolute Gasteiger partial charge is 0.492 e. The van der Waals surface area contributed by atoms with Crippen molar-refractivity contribution in [1.82, 2.24) is 10.6 Å². The zero-order valence-corrected chi connectivity index (χ0v) is 18.4. The van der Waals surface area contributed by atoms with Gasteiger partial charge in [-0.1, -0.05) is 6.07 Å². The van der Waals surface area contributed by atoms with Gasteiger partial charge in [-0.15, -0.1) is 0 Å². The van der Waals surface area contributed by atoms with Crippen LogP contribution >= 0.6 is 0 Å². The van der Waals surface area contributed by atoms with Crippen LogP contribution in [0.4, 0.5) is 0 Å². The molecule has 0 radical (unpaired) electrons. The van der Waals surface area contributed by atoms with Crippen molar-refractivity contribution >= 4 is 33.9 Å². The van der Waals surface area contributed by atoms with Crippen LogP contribution in [0.25, 0.3) is 21.7 Å². The Morgan fingerprint density at radius 2 is 2.09 bits per heavy atom. The fourth-order valence-corrected chi connectivity index (χ4v) is 4.27. The molecule has 1 atom stereocenters. The quantitative estimate of drug-likeness (QED) is 0.372. The topological polar surface area (TPSA) is 89.8 Å². The highest BCUT2D eigenvalue weighted by atomic mass is 16.5. The first-order valence-electron chi connectivity index (χ1n) is 11.2. The van der Waals surface area contributed by atoms with Gasteiger partial charge in [-0.05, 0) is 54.3 Å². The summed E-state index contributed by atoms with van der Waals surface area (Å²) in [5, 5.41) is 9.07. The lowest BCUT2D eigenvalue weighted by Crippen LogP contribution is -2.37. The van der Waals surface area contributed by atoms with Crippen LogP contribution in [0.3, 0.4) is 0 Å². The third-order valence-electron chi connectivity index (χ3n) is 6.10. The average molecular weight is 439 g/mol. The fourth-order valence-electron chi connectivity index (χ4n) is 4.27. The number of ether oxygens (including phenoxy) is 2. The van der Waals surface area contributed by atoms with E-state index in [9.17, 15) is 9.59 Å². The van der Waals surface area contributed by atoms with Crippen LogP contribution in [0.15, 0.2) is 41.0 Å². The molecule has 0 aliphatic carbocycles. The minimum absolute atomic E-state index is 0.0809. The van der Waals surface area contributed by atoms with Gasteiger partial charge in [0.25, 0.3) is 0 Å². The van der Waals surface area contributed by atoms with Crippen LogP contribution in [0, 0.1) is 0 Å². The highest BCUT2D eigenvalue weighted by Gasteiger charge is 2.20. The molecule has 32 heavy (non-hydrogen) atoms. The van der Waals surface area contributed by atoms with Crippen molar-refractivity contribution in [1.29, 1.82) is 0 Å². The molecular formula is C25H30N2O5. The van der Waals surface area contributed by atoms with Gasteiger partial charge in [0, 0.05) is 56.1 Å². The molecule has 3 aromatic rings. The van der Waals surface area contributed by atoms with E-state index in [4.69, 9.17) is 13.9 Å². The second-order valence-electron chi connectivity index (χ2n) is 8.16. The van der Waals surface area contributed by atoms with Crippen molar-refractivity contribution in [3.8, 4) is 5.75 Å². The highest BCUT2D eigenvalue weighted by Crippen LogP contribution is 2.36. The number of carbonyl (C=O) groups excluding carboxylic acids is 2. The first kappa shape index (κ1) is 22.3. The maximum absolute atomic E-state index is 11.8. The number of amides is 1. The summed E-state index contributed by atoms with van der Waals surface area (Å²) in [5.74, 6) is 0.330. The van der Waals surface area contributed by atoms with E-state index in [1.165, 1.54) is 0 Å². The summed E-state index contributed by atoms with van der Waals surface area (Å²) >= 11 is 0. The number of benzene rings is 2. The van der Waals surface area contributed by atoms with Gasteiger partial charge in [-0.3, -0.25) is 4.79 Å². The number of hydrogen-bond acceptors (Lipinski definition) is 6. The average Bonchev–Trinajstić information content (AvgIpc) is 3.27. The first-order chi connectivity index (χ1) is 15.7. The molecule has 0 saturated carbocycles. The molecule has 2 N–H and O–H groups in total. The maximum Gasteiger partial charge on any atom is 0.219 e. The Hall–Kier alpha value is -2.90. The highest BCUT2D eigenvalue weighted by molar-refractivity contribution is 6.08. The Morgan fingerprint density at radius 1 is 1.25 bits per heavy atom. The van der Waals surface area contributed by atoms with Crippen LogP contribution in [-0.4, -0.2) is 51.6 Å². The number of carbonyl (C=O) groups is 2. The fraction of sp³-hybridized carbons (Fsp3) is 0.440. The molecule has 0 spiro atoms. The number of fused-ring (bicyclic) bond motifs is 3. The Morgan fingerprint density at radius 3 is 2.88 bits per heavy atom. The molecule has 7 nitrogen and oxygen atoms in total. The summed E-state index contributed by atoms with van der Waals surface area (Å²) < 4.78 is 17.1. The molecule has 1 amide bonds. The molecule has 1 saturated heterocycles. The Balaban J connectivity index is 1.47. The van der Waals surface area contributed by atoms with Crippen molar-refractivity contribution < 1.29 is 23.5 Å². The molecule has 1 fully saturated rings. The summed E-state index contributed by atoms with van der Waals surface area (Å²) in [6, 6.07) is 10.4. The van der Waals surface area contributed by atoms with Crippen molar-refractivity contribution in [2.24, 2.45) is 0 Å². The van der Waals surface area contributed by atoms with Crippen LogP contribution < -0.4 is 15.4 Å². The molecule has 1 aliphatic heterocycles. The van der Waals surface area contributed by atoms with E-state index in [-0.39, 0.29) is 12.3 Å². The van der Waals surface area contributed by atoms with Gasteiger partial charge in [0.1, 0.15) is 24.2 Å².